The molecule has 90 valence electrons. The highest BCUT2D eigenvalue weighted by molar-refractivity contribution is 9.08. The Morgan fingerprint density at radius 3 is 2.47 bits per heavy atom. The fourth-order valence-corrected chi connectivity index (χ4v) is 3.77. The standard InChI is InChI=1S/C11H9BrClNO2S/c12-7-10-6-9(13)8-14(10)17(15,16)11-4-2-1-3-5-11/h1-6,8H,7H2. The summed E-state index contributed by atoms with van der Waals surface area (Å²) in [5.74, 6) is 0. The van der Waals surface area contributed by atoms with E-state index >= 15 is 0 Å². The number of halogens is 2. The fourth-order valence-electron chi connectivity index (χ4n) is 1.48. The highest BCUT2D eigenvalue weighted by atomic mass is 79.9. The molecule has 0 aliphatic carbocycles. The van der Waals surface area contributed by atoms with E-state index in [2.05, 4.69) is 15.9 Å². The number of nitrogens with zero attached hydrogens (tertiary/aromatic N) is 1. The van der Waals surface area contributed by atoms with E-state index in [1.54, 1.807) is 36.4 Å². The maximum atomic E-state index is 12.3. The van der Waals surface area contributed by atoms with Crippen molar-refractivity contribution in [3.63, 3.8) is 0 Å². The second-order valence-corrected chi connectivity index (χ2v) is 6.21. The van der Waals surface area contributed by atoms with Gasteiger partial charge in [-0.2, -0.15) is 0 Å². The molecular formula is C11H9BrClNO2S. The van der Waals surface area contributed by atoms with Gasteiger partial charge in [0.25, 0.3) is 10.0 Å². The maximum Gasteiger partial charge on any atom is 0.267 e. The SMILES string of the molecule is O=S(=O)(c1ccccc1)n1cc(Cl)cc1CBr. The van der Waals surface area contributed by atoms with Crippen LogP contribution in [0.4, 0.5) is 0 Å². The Kier molecular flexibility index (Phi) is 3.61. The number of benzene rings is 1. The molecule has 1 heterocycles. The molecule has 0 aliphatic rings. The van der Waals surface area contributed by atoms with E-state index in [0.29, 0.717) is 16.0 Å². The van der Waals surface area contributed by atoms with Crippen LogP contribution >= 0.6 is 27.5 Å². The van der Waals surface area contributed by atoms with Gasteiger partial charge < -0.3 is 0 Å². The van der Waals surface area contributed by atoms with Crippen molar-refractivity contribution >= 4 is 37.6 Å². The van der Waals surface area contributed by atoms with Crippen molar-refractivity contribution in [2.45, 2.75) is 10.2 Å². The van der Waals surface area contributed by atoms with Gasteiger partial charge >= 0.3 is 0 Å². The van der Waals surface area contributed by atoms with Crippen molar-refractivity contribution in [3.8, 4) is 0 Å². The molecule has 0 saturated heterocycles. The minimum absolute atomic E-state index is 0.245. The Balaban J connectivity index is 2.60. The van der Waals surface area contributed by atoms with E-state index in [1.165, 1.54) is 10.2 Å². The molecule has 0 radical (unpaired) electrons. The van der Waals surface area contributed by atoms with Crippen molar-refractivity contribution in [2.75, 3.05) is 0 Å². The average Bonchev–Trinajstić information content (AvgIpc) is 2.72. The minimum Gasteiger partial charge on any atom is -0.243 e. The van der Waals surface area contributed by atoms with Gasteiger partial charge in [0.15, 0.2) is 0 Å². The lowest BCUT2D eigenvalue weighted by atomic mass is 10.4. The summed E-state index contributed by atoms with van der Waals surface area (Å²) < 4.78 is 25.8. The Labute approximate surface area is 113 Å². The van der Waals surface area contributed by atoms with Crippen LogP contribution in [-0.2, 0) is 15.4 Å². The van der Waals surface area contributed by atoms with Gasteiger partial charge in [0.2, 0.25) is 0 Å². The van der Waals surface area contributed by atoms with Gasteiger partial charge in [-0.15, -0.1) is 0 Å². The molecule has 0 aliphatic heterocycles. The van der Waals surface area contributed by atoms with Crippen LogP contribution in [0, 0.1) is 0 Å². The third-order valence-corrected chi connectivity index (χ3v) is 4.77. The third kappa shape index (κ3) is 2.41. The summed E-state index contributed by atoms with van der Waals surface area (Å²) in [6.45, 7) is 0. The zero-order valence-electron chi connectivity index (χ0n) is 8.68. The van der Waals surface area contributed by atoms with Gasteiger partial charge in [0.1, 0.15) is 0 Å². The monoisotopic (exact) mass is 333 g/mol. The average molecular weight is 335 g/mol. The molecule has 2 aromatic rings. The largest absolute Gasteiger partial charge is 0.267 e. The summed E-state index contributed by atoms with van der Waals surface area (Å²) in [6, 6.07) is 9.88. The van der Waals surface area contributed by atoms with E-state index in [1.807, 2.05) is 0 Å². The van der Waals surface area contributed by atoms with Crippen LogP contribution in [0.1, 0.15) is 5.69 Å². The van der Waals surface area contributed by atoms with Crippen molar-refractivity contribution < 1.29 is 8.42 Å². The van der Waals surface area contributed by atoms with Crippen LogP contribution in [-0.4, -0.2) is 12.4 Å². The summed E-state index contributed by atoms with van der Waals surface area (Å²) in [5, 5.41) is 0.824. The first-order valence-electron chi connectivity index (χ1n) is 4.79. The van der Waals surface area contributed by atoms with Crippen molar-refractivity contribution in [3.05, 3.63) is 53.3 Å². The van der Waals surface area contributed by atoms with Gasteiger partial charge in [-0.1, -0.05) is 45.7 Å². The predicted octanol–water partition coefficient (Wildman–Crippen LogP) is 3.27. The van der Waals surface area contributed by atoms with Gasteiger partial charge in [-0.3, -0.25) is 0 Å². The fraction of sp³-hybridized carbons (Fsp3) is 0.0909. The van der Waals surface area contributed by atoms with Crippen LogP contribution in [0.2, 0.25) is 5.02 Å². The zero-order valence-corrected chi connectivity index (χ0v) is 11.8. The van der Waals surface area contributed by atoms with Crippen LogP contribution in [0.25, 0.3) is 0 Å². The Morgan fingerprint density at radius 2 is 1.88 bits per heavy atom. The molecular weight excluding hydrogens is 326 g/mol. The summed E-state index contributed by atoms with van der Waals surface area (Å²) in [5.41, 5.74) is 0.596. The van der Waals surface area contributed by atoms with Crippen molar-refractivity contribution in [1.82, 2.24) is 3.97 Å². The maximum absolute atomic E-state index is 12.3. The first-order chi connectivity index (χ1) is 8.05. The normalized spacial score (nSPS) is 11.6. The number of rotatable bonds is 3. The van der Waals surface area contributed by atoms with Crippen LogP contribution in [0.3, 0.4) is 0 Å². The van der Waals surface area contributed by atoms with Crippen molar-refractivity contribution in [2.24, 2.45) is 0 Å². The van der Waals surface area contributed by atoms with Crippen molar-refractivity contribution in [1.29, 1.82) is 0 Å². The second kappa shape index (κ2) is 4.84. The molecule has 0 saturated carbocycles. The quantitative estimate of drug-likeness (QED) is 0.808. The number of alkyl halides is 1. The van der Waals surface area contributed by atoms with Crippen LogP contribution in [0.15, 0.2) is 47.5 Å². The van der Waals surface area contributed by atoms with Gasteiger partial charge in [-0.25, -0.2) is 12.4 Å². The van der Waals surface area contributed by atoms with E-state index < -0.39 is 10.0 Å². The molecule has 0 atom stereocenters. The summed E-state index contributed by atoms with van der Waals surface area (Å²) in [4.78, 5) is 0.245. The molecule has 1 aromatic heterocycles. The molecule has 0 bridgehead atoms. The van der Waals surface area contributed by atoms with E-state index in [9.17, 15) is 8.42 Å². The molecule has 2 rings (SSSR count). The lowest BCUT2D eigenvalue weighted by Crippen LogP contribution is -2.13. The minimum atomic E-state index is -3.56. The lowest BCUT2D eigenvalue weighted by Gasteiger charge is -2.08. The molecule has 3 nitrogen and oxygen atoms in total. The molecule has 0 fully saturated rings. The first kappa shape index (κ1) is 12.7. The predicted molar refractivity (Wildman–Crippen MR) is 71.1 cm³/mol. The van der Waals surface area contributed by atoms with Crippen LogP contribution in [0.5, 0.6) is 0 Å². The number of hydrogen-bond acceptors (Lipinski definition) is 2. The second-order valence-electron chi connectivity index (χ2n) is 3.40. The van der Waals surface area contributed by atoms with E-state index in [4.69, 9.17) is 11.6 Å². The van der Waals surface area contributed by atoms with Crippen LogP contribution < -0.4 is 0 Å². The summed E-state index contributed by atoms with van der Waals surface area (Å²) in [6.07, 6.45) is 1.40. The van der Waals surface area contributed by atoms with E-state index in [0.717, 1.165) is 0 Å². The Bertz CT molecular complexity index is 622. The number of hydrogen-bond donors (Lipinski definition) is 0. The zero-order chi connectivity index (χ0) is 12.5. The van der Waals surface area contributed by atoms with E-state index in [-0.39, 0.29) is 4.90 Å². The topological polar surface area (TPSA) is 39.1 Å². The molecule has 0 unspecified atom stereocenters. The number of aromatic nitrogens is 1. The first-order valence-corrected chi connectivity index (χ1v) is 7.73. The highest BCUT2D eigenvalue weighted by Crippen LogP contribution is 2.22. The Morgan fingerprint density at radius 1 is 1.24 bits per heavy atom. The molecule has 0 amide bonds. The Hall–Kier alpha value is -0.780. The smallest absolute Gasteiger partial charge is 0.243 e. The summed E-state index contributed by atoms with van der Waals surface area (Å²) in [7, 11) is -3.56. The van der Waals surface area contributed by atoms with Gasteiger partial charge in [0.05, 0.1) is 9.92 Å². The molecule has 17 heavy (non-hydrogen) atoms. The van der Waals surface area contributed by atoms with Gasteiger partial charge in [-0.05, 0) is 18.2 Å². The highest BCUT2D eigenvalue weighted by Gasteiger charge is 2.19. The molecule has 1 aromatic carbocycles. The van der Waals surface area contributed by atoms with Gasteiger partial charge in [0, 0.05) is 17.2 Å². The lowest BCUT2D eigenvalue weighted by molar-refractivity contribution is 0.586. The molecule has 0 N–H and O–H groups in total. The molecule has 6 heteroatoms. The molecule has 0 spiro atoms. The summed E-state index contributed by atoms with van der Waals surface area (Å²) >= 11 is 9.07. The third-order valence-electron chi connectivity index (χ3n) is 2.27.